The highest BCUT2D eigenvalue weighted by atomic mass is 35.5. The van der Waals surface area contributed by atoms with Crippen molar-refractivity contribution in [2.45, 2.75) is 13.3 Å². The molecule has 2 unspecified atom stereocenters. The van der Waals surface area contributed by atoms with Crippen molar-refractivity contribution in [3.8, 4) is 0 Å². The lowest BCUT2D eigenvalue weighted by Crippen LogP contribution is -2.06. The third-order valence-electron chi connectivity index (χ3n) is 2.84. The lowest BCUT2D eigenvalue weighted by molar-refractivity contribution is 0.787. The third kappa shape index (κ3) is 2.13. The predicted octanol–water partition coefficient (Wildman–Crippen LogP) is 2.99. The molecule has 2 nitrogen and oxygen atoms in total. The van der Waals surface area contributed by atoms with Gasteiger partial charge in [0, 0.05) is 11.6 Å². The number of benzene rings is 1. The van der Waals surface area contributed by atoms with Crippen molar-refractivity contribution >= 4 is 23.0 Å². The molecule has 76 valence electrons. The highest BCUT2D eigenvalue weighted by Crippen LogP contribution is 2.38. The summed E-state index contributed by atoms with van der Waals surface area (Å²) in [6, 6.07) is 5.57. The second-order valence-corrected chi connectivity index (χ2v) is 4.52. The van der Waals surface area contributed by atoms with Crippen LogP contribution < -0.4 is 11.1 Å². The molecule has 1 aromatic rings. The van der Waals surface area contributed by atoms with Crippen molar-refractivity contribution in [3.63, 3.8) is 0 Å². The molecule has 14 heavy (non-hydrogen) atoms. The molecule has 0 bridgehead atoms. The summed E-state index contributed by atoms with van der Waals surface area (Å²) in [6.07, 6.45) is 1.33. The molecule has 0 saturated heterocycles. The van der Waals surface area contributed by atoms with Gasteiger partial charge in [-0.1, -0.05) is 18.5 Å². The van der Waals surface area contributed by atoms with Gasteiger partial charge < -0.3 is 11.1 Å². The fraction of sp³-hybridized carbons (Fsp3) is 0.455. The van der Waals surface area contributed by atoms with Crippen molar-refractivity contribution in [3.05, 3.63) is 23.2 Å². The topological polar surface area (TPSA) is 38.0 Å². The molecule has 0 amide bonds. The molecule has 3 N–H and O–H groups in total. The summed E-state index contributed by atoms with van der Waals surface area (Å²) in [6.45, 7) is 3.30. The summed E-state index contributed by atoms with van der Waals surface area (Å²) in [7, 11) is 0. The van der Waals surface area contributed by atoms with Gasteiger partial charge in [-0.2, -0.15) is 0 Å². The van der Waals surface area contributed by atoms with Gasteiger partial charge in [0.2, 0.25) is 0 Å². The van der Waals surface area contributed by atoms with E-state index in [0.717, 1.165) is 29.8 Å². The molecule has 0 radical (unpaired) electrons. The molecule has 1 aromatic carbocycles. The number of nitrogens with two attached hydrogens (primary N) is 1. The van der Waals surface area contributed by atoms with Crippen LogP contribution in [0.15, 0.2) is 18.2 Å². The van der Waals surface area contributed by atoms with Crippen LogP contribution in [0, 0.1) is 11.8 Å². The van der Waals surface area contributed by atoms with Gasteiger partial charge in [0.05, 0.1) is 11.4 Å². The number of nitrogen functional groups attached to an aromatic ring is 1. The van der Waals surface area contributed by atoms with Gasteiger partial charge in [0.1, 0.15) is 0 Å². The number of rotatable bonds is 3. The highest BCUT2D eigenvalue weighted by molar-refractivity contribution is 6.31. The first-order valence-corrected chi connectivity index (χ1v) is 5.33. The minimum atomic E-state index is 0.688. The molecule has 2 atom stereocenters. The Balaban J connectivity index is 1.95. The first kappa shape index (κ1) is 9.66. The minimum Gasteiger partial charge on any atom is -0.397 e. The van der Waals surface area contributed by atoms with Crippen LogP contribution in [-0.4, -0.2) is 6.54 Å². The van der Waals surface area contributed by atoms with Crippen molar-refractivity contribution in [2.24, 2.45) is 11.8 Å². The van der Waals surface area contributed by atoms with Gasteiger partial charge in [-0.05, 0) is 36.5 Å². The number of anilines is 2. The van der Waals surface area contributed by atoms with E-state index in [0.29, 0.717) is 5.02 Å². The fourth-order valence-electron chi connectivity index (χ4n) is 1.62. The van der Waals surface area contributed by atoms with Crippen LogP contribution in [0.2, 0.25) is 5.02 Å². The number of halogens is 1. The van der Waals surface area contributed by atoms with Crippen LogP contribution in [0.4, 0.5) is 11.4 Å². The Morgan fingerprint density at radius 1 is 1.57 bits per heavy atom. The SMILES string of the molecule is CC1CC1CNc1ccc(Cl)cc1N. The van der Waals surface area contributed by atoms with E-state index in [1.54, 1.807) is 6.07 Å². The number of hydrogen-bond acceptors (Lipinski definition) is 2. The van der Waals surface area contributed by atoms with Gasteiger partial charge in [0.25, 0.3) is 0 Å². The predicted molar refractivity (Wildman–Crippen MR) is 61.6 cm³/mol. The molecule has 0 heterocycles. The third-order valence-corrected chi connectivity index (χ3v) is 3.08. The van der Waals surface area contributed by atoms with E-state index < -0.39 is 0 Å². The van der Waals surface area contributed by atoms with Crippen LogP contribution in [0.5, 0.6) is 0 Å². The van der Waals surface area contributed by atoms with E-state index in [1.165, 1.54) is 6.42 Å². The molecule has 2 rings (SSSR count). The Bertz CT molecular complexity index is 338. The summed E-state index contributed by atoms with van der Waals surface area (Å²) in [4.78, 5) is 0. The van der Waals surface area contributed by atoms with Crippen molar-refractivity contribution < 1.29 is 0 Å². The highest BCUT2D eigenvalue weighted by Gasteiger charge is 2.31. The van der Waals surface area contributed by atoms with Crippen LogP contribution >= 0.6 is 11.6 Å². The Hall–Kier alpha value is -0.890. The number of nitrogens with one attached hydrogen (secondary N) is 1. The van der Waals surface area contributed by atoms with E-state index >= 15 is 0 Å². The quantitative estimate of drug-likeness (QED) is 0.753. The van der Waals surface area contributed by atoms with Crippen LogP contribution in [0.3, 0.4) is 0 Å². The van der Waals surface area contributed by atoms with Gasteiger partial charge in [0.15, 0.2) is 0 Å². The van der Waals surface area contributed by atoms with Crippen LogP contribution in [-0.2, 0) is 0 Å². The van der Waals surface area contributed by atoms with E-state index in [2.05, 4.69) is 12.2 Å². The van der Waals surface area contributed by atoms with E-state index in [4.69, 9.17) is 17.3 Å². The summed E-state index contributed by atoms with van der Waals surface area (Å²) in [5, 5.41) is 4.04. The average Bonchev–Trinajstić information content (AvgIpc) is 2.80. The average molecular weight is 211 g/mol. The second-order valence-electron chi connectivity index (χ2n) is 4.09. The first-order chi connectivity index (χ1) is 6.66. The van der Waals surface area contributed by atoms with Gasteiger partial charge >= 0.3 is 0 Å². The maximum absolute atomic E-state index is 5.82. The molecular formula is C11H15ClN2. The lowest BCUT2D eigenvalue weighted by Gasteiger charge is -2.08. The van der Waals surface area contributed by atoms with Gasteiger partial charge in [-0.25, -0.2) is 0 Å². The maximum Gasteiger partial charge on any atom is 0.0575 e. The van der Waals surface area contributed by atoms with Crippen LogP contribution in [0.25, 0.3) is 0 Å². The molecule has 0 aromatic heterocycles. The van der Waals surface area contributed by atoms with Gasteiger partial charge in [-0.3, -0.25) is 0 Å². The molecular weight excluding hydrogens is 196 g/mol. The fourth-order valence-corrected chi connectivity index (χ4v) is 1.80. The monoisotopic (exact) mass is 210 g/mol. The van der Waals surface area contributed by atoms with Crippen molar-refractivity contribution in [1.29, 1.82) is 0 Å². The summed E-state index contributed by atoms with van der Waals surface area (Å²) in [5.41, 5.74) is 7.54. The molecule has 0 aliphatic heterocycles. The van der Waals surface area contributed by atoms with Crippen molar-refractivity contribution in [1.82, 2.24) is 0 Å². The van der Waals surface area contributed by atoms with E-state index in [1.807, 2.05) is 12.1 Å². The number of hydrogen-bond donors (Lipinski definition) is 2. The molecule has 1 aliphatic carbocycles. The largest absolute Gasteiger partial charge is 0.397 e. The molecule has 3 heteroatoms. The maximum atomic E-state index is 5.82. The second kappa shape index (κ2) is 3.70. The summed E-state index contributed by atoms with van der Waals surface area (Å²) >= 11 is 5.81. The zero-order valence-electron chi connectivity index (χ0n) is 8.26. The van der Waals surface area contributed by atoms with Gasteiger partial charge in [-0.15, -0.1) is 0 Å². The Morgan fingerprint density at radius 2 is 2.29 bits per heavy atom. The van der Waals surface area contributed by atoms with Crippen LogP contribution in [0.1, 0.15) is 13.3 Å². The minimum absolute atomic E-state index is 0.688. The first-order valence-electron chi connectivity index (χ1n) is 4.95. The zero-order chi connectivity index (χ0) is 10.1. The van der Waals surface area contributed by atoms with E-state index in [-0.39, 0.29) is 0 Å². The molecule has 0 spiro atoms. The Kier molecular flexibility index (Phi) is 2.55. The van der Waals surface area contributed by atoms with E-state index in [9.17, 15) is 0 Å². The normalized spacial score (nSPS) is 24.7. The summed E-state index contributed by atoms with van der Waals surface area (Å²) < 4.78 is 0. The molecule has 1 fully saturated rings. The summed E-state index contributed by atoms with van der Waals surface area (Å²) in [5.74, 6) is 1.70. The zero-order valence-corrected chi connectivity index (χ0v) is 9.01. The molecule has 1 aliphatic rings. The lowest BCUT2D eigenvalue weighted by atomic mass is 10.2. The molecule has 1 saturated carbocycles. The smallest absolute Gasteiger partial charge is 0.0575 e. The van der Waals surface area contributed by atoms with Crippen molar-refractivity contribution in [2.75, 3.05) is 17.6 Å². The standard InChI is InChI=1S/C11H15ClN2/c1-7-4-8(7)6-14-11-3-2-9(12)5-10(11)13/h2-3,5,7-8,14H,4,6,13H2,1H3. The Labute approximate surface area is 89.4 Å². The Morgan fingerprint density at radius 3 is 2.86 bits per heavy atom.